The van der Waals surface area contributed by atoms with Gasteiger partial charge in [-0.3, -0.25) is 0 Å². The summed E-state index contributed by atoms with van der Waals surface area (Å²) in [5, 5.41) is 10.6. The molecule has 0 aromatic heterocycles. The second-order valence-electron chi connectivity index (χ2n) is 15.4. The Labute approximate surface area is 350 Å². The Kier molecular flexibility index (Phi) is 21.0. The first-order valence-electron chi connectivity index (χ1n) is 19.8. The fraction of sp³-hybridized carbons (Fsp3) is 0.600. The molecule has 2 unspecified atom stereocenters. The van der Waals surface area contributed by atoms with Crippen LogP contribution in [-0.2, 0) is 0 Å². The molecule has 3 fully saturated rings. The number of nitrogens with one attached hydrogen (secondary N) is 3. The van der Waals surface area contributed by atoms with Crippen LogP contribution in [0.3, 0.4) is 0 Å². The Hall–Kier alpha value is -3.08. The van der Waals surface area contributed by atoms with Crippen LogP contribution < -0.4 is 44.4 Å². The summed E-state index contributed by atoms with van der Waals surface area (Å²) in [5.74, 6) is 7.35. The predicted molar refractivity (Wildman–Crippen MR) is 236 cm³/mol. The highest BCUT2D eigenvalue weighted by Gasteiger charge is 2.25. The first-order chi connectivity index (χ1) is 26.0. The van der Waals surface area contributed by atoms with Crippen molar-refractivity contribution in [2.45, 2.75) is 116 Å². The summed E-state index contributed by atoms with van der Waals surface area (Å²) >= 11 is 0. The zero-order valence-electron chi connectivity index (χ0n) is 36.1. The number of aryl methyl sites for hydroxylation is 3. The molecular weight excluding hydrogens is 749 g/mol. The molecule has 0 saturated carbocycles. The van der Waals surface area contributed by atoms with Gasteiger partial charge >= 0.3 is 0 Å². The molecule has 0 aliphatic carbocycles. The minimum Gasteiger partial charge on any atom is -0.496 e. The number of methoxy groups -OCH3 is 6. The lowest BCUT2D eigenvalue weighted by atomic mass is 9.88. The van der Waals surface area contributed by atoms with Gasteiger partial charge < -0.3 is 44.4 Å². The van der Waals surface area contributed by atoms with Crippen molar-refractivity contribution in [3.8, 4) is 34.5 Å². The van der Waals surface area contributed by atoms with Crippen LogP contribution in [0, 0.1) is 20.8 Å². The molecule has 3 N–H and O–H groups in total. The number of piperidine rings is 3. The smallest absolute Gasteiger partial charge is 0.122 e. The highest BCUT2D eigenvalue weighted by atomic mass is 35.5. The standard InChI is InChI=1S/3C15H23NO2.2ClH/c3*1-10-7-15(18-4)13(8-14(10)17-3)12-6-5-11(2)16-9-12;;/h3*7-8,11-12,16H,5-6,9H2,1-4H3;2*1H/t11-,12+;11-,12-;;;/m01.../s1. The van der Waals surface area contributed by atoms with Crippen molar-refractivity contribution < 1.29 is 28.4 Å². The lowest BCUT2D eigenvalue weighted by molar-refractivity contribution is 0.360. The quantitative estimate of drug-likeness (QED) is 0.195. The van der Waals surface area contributed by atoms with E-state index in [4.69, 9.17) is 28.4 Å². The van der Waals surface area contributed by atoms with Crippen molar-refractivity contribution in [1.82, 2.24) is 16.0 Å². The third-order valence-corrected chi connectivity index (χ3v) is 11.5. The maximum Gasteiger partial charge on any atom is 0.122 e. The molecule has 3 saturated heterocycles. The molecule has 3 aliphatic heterocycles. The molecule has 0 spiro atoms. The molecule has 56 heavy (non-hydrogen) atoms. The van der Waals surface area contributed by atoms with Gasteiger partial charge in [-0.1, -0.05) is 0 Å². The average Bonchev–Trinajstić information content (AvgIpc) is 3.19. The molecule has 3 aromatic rings. The largest absolute Gasteiger partial charge is 0.496 e. The monoisotopic (exact) mass is 819 g/mol. The third-order valence-electron chi connectivity index (χ3n) is 11.5. The SMILES string of the molecule is COc1cc(C2CCC(C)NC2)c(OC)cc1C.COc1cc([C@@H]2CC[C@@H](C)NC2)c(OC)cc1C.COc1cc([C@@H]2CC[C@H](C)NC2)c(OC)cc1C.Cl.Cl. The van der Waals surface area contributed by atoms with Gasteiger partial charge in [-0.15, -0.1) is 24.8 Å². The van der Waals surface area contributed by atoms with E-state index in [0.717, 1.165) is 70.8 Å². The van der Waals surface area contributed by atoms with Crippen LogP contribution in [-0.4, -0.2) is 80.4 Å². The van der Waals surface area contributed by atoms with E-state index in [2.05, 4.69) is 73.1 Å². The van der Waals surface area contributed by atoms with Gasteiger partial charge in [0.15, 0.2) is 0 Å². The van der Waals surface area contributed by atoms with Crippen molar-refractivity contribution >= 4 is 24.8 Å². The van der Waals surface area contributed by atoms with Gasteiger partial charge in [-0.05, 0) is 133 Å². The van der Waals surface area contributed by atoms with Gasteiger partial charge in [0.2, 0.25) is 0 Å². The van der Waals surface area contributed by atoms with Gasteiger partial charge in [0.05, 0.1) is 42.7 Å². The number of benzene rings is 3. The van der Waals surface area contributed by atoms with Crippen LogP contribution in [0.1, 0.15) is 110 Å². The molecule has 316 valence electrons. The van der Waals surface area contributed by atoms with Crippen molar-refractivity contribution in [3.63, 3.8) is 0 Å². The zero-order chi connectivity index (χ0) is 39.4. The second-order valence-corrected chi connectivity index (χ2v) is 15.4. The summed E-state index contributed by atoms with van der Waals surface area (Å²) in [5.41, 5.74) is 7.15. The molecule has 0 bridgehead atoms. The molecule has 6 atom stereocenters. The molecule has 0 radical (unpaired) electrons. The summed E-state index contributed by atoms with van der Waals surface area (Å²) in [4.78, 5) is 0. The van der Waals surface area contributed by atoms with E-state index in [-0.39, 0.29) is 24.8 Å². The first kappa shape index (κ1) is 49.1. The molecule has 11 heteroatoms. The van der Waals surface area contributed by atoms with Crippen molar-refractivity contribution in [1.29, 1.82) is 0 Å². The fourth-order valence-corrected chi connectivity index (χ4v) is 7.97. The van der Waals surface area contributed by atoms with Gasteiger partial charge in [0.25, 0.3) is 0 Å². The Morgan fingerprint density at radius 1 is 0.375 bits per heavy atom. The van der Waals surface area contributed by atoms with Crippen molar-refractivity contribution in [2.75, 3.05) is 62.3 Å². The number of hydrogen-bond donors (Lipinski definition) is 3. The average molecular weight is 821 g/mol. The van der Waals surface area contributed by atoms with E-state index in [9.17, 15) is 0 Å². The molecule has 6 rings (SSSR count). The van der Waals surface area contributed by atoms with Crippen LogP contribution >= 0.6 is 24.8 Å². The molecule has 3 aromatic carbocycles. The lowest BCUT2D eigenvalue weighted by Crippen LogP contribution is -2.35. The zero-order valence-corrected chi connectivity index (χ0v) is 37.7. The Morgan fingerprint density at radius 3 is 0.786 bits per heavy atom. The fourth-order valence-electron chi connectivity index (χ4n) is 7.97. The van der Waals surface area contributed by atoms with Crippen molar-refractivity contribution in [2.24, 2.45) is 0 Å². The van der Waals surface area contributed by atoms with Gasteiger partial charge in [0, 0.05) is 72.2 Å². The molecule has 0 amide bonds. The summed E-state index contributed by atoms with van der Waals surface area (Å²) in [7, 11) is 10.4. The lowest BCUT2D eigenvalue weighted by Gasteiger charge is -2.29. The Balaban J connectivity index is 0.000000285. The predicted octanol–water partition coefficient (Wildman–Crippen LogP) is 9.45. The van der Waals surface area contributed by atoms with Crippen LogP contribution in [0.2, 0.25) is 0 Å². The normalized spacial score (nSPS) is 22.9. The Bertz CT molecular complexity index is 1430. The summed E-state index contributed by atoms with van der Waals surface area (Å²) in [6.07, 6.45) is 7.25. The third kappa shape index (κ3) is 13.0. The van der Waals surface area contributed by atoms with Gasteiger partial charge in [-0.25, -0.2) is 0 Å². The summed E-state index contributed by atoms with van der Waals surface area (Å²) < 4.78 is 32.8. The maximum atomic E-state index is 5.52. The van der Waals surface area contributed by atoms with E-state index in [1.165, 1.54) is 55.2 Å². The van der Waals surface area contributed by atoms with E-state index < -0.39 is 0 Å². The highest BCUT2D eigenvalue weighted by molar-refractivity contribution is 5.85. The number of ether oxygens (including phenoxy) is 6. The maximum absolute atomic E-state index is 5.52. The molecule has 9 nitrogen and oxygen atoms in total. The van der Waals surface area contributed by atoms with Crippen LogP contribution in [0.4, 0.5) is 0 Å². The Morgan fingerprint density at radius 2 is 0.607 bits per heavy atom. The minimum absolute atomic E-state index is 0. The highest BCUT2D eigenvalue weighted by Crippen LogP contribution is 2.39. The summed E-state index contributed by atoms with van der Waals surface area (Å²) in [6.45, 7) is 15.9. The van der Waals surface area contributed by atoms with Crippen LogP contribution in [0.5, 0.6) is 34.5 Å². The van der Waals surface area contributed by atoms with Gasteiger partial charge in [0.1, 0.15) is 34.5 Å². The van der Waals surface area contributed by atoms with Crippen LogP contribution in [0.15, 0.2) is 36.4 Å². The van der Waals surface area contributed by atoms with E-state index >= 15 is 0 Å². The van der Waals surface area contributed by atoms with Crippen molar-refractivity contribution in [3.05, 3.63) is 69.8 Å². The van der Waals surface area contributed by atoms with Gasteiger partial charge in [-0.2, -0.15) is 0 Å². The summed E-state index contributed by atoms with van der Waals surface area (Å²) in [6, 6.07) is 14.5. The molecule has 3 heterocycles. The van der Waals surface area contributed by atoms with E-state index in [1.807, 2.05) is 20.8 Å². The molecular formula is C45H71Cl2N3O6. The van der Waals surface area contributed by atoms with Crippen LogP contribution in [0.25, 0.3) is 0 Å². The number of halogens is 2. The topological polar surface area (TPSA) is 91.5 Å². The number of hydrogen-bond acceptors (Lipinski definition) is 9. The molecule has 3 aliphatic rings. The number of rotatable bonds is 9. The van der Waals surface area contributed by atoms with E-state index in [1.54, 1.807) is 42.7 Å². The first-order valence-corrected chi connectivity index (χ1v) is 19.8. The second kappa shape index (κ2) is 24.0. The minimum atomic E-state index is 0. The van der Waals surface area contributed by atoms with E-state index in [0.29, 0.717) is 35.9 Å².